The summed E-state index contributed by atoms with van der Waals surface area (Å²) in [7, 11) is 0. The van der Waals surface area contributed by atoms with E-state index in [1.165, 1.54) is 11.9 Å². The molecule has 0 saturated carbocycles. The van der Waals surface area contributed by atoms with E-state index in [9.17, 15) is 4.79 Å². The molecule has 1 aliphatic heterocycles. The molecule has 0 unspecified atom stereocenters. The van der Waals surface area contributed by atoms with Crippen molar-refractivity contribution in [2.45, 2.75) is 6.92 Å². The maximum absolute atomic E-state index is 11.3. The number of rotatable bonds is 2. The molecule has 0 atom stereocenters. The van der Waals surface area contributed by atoms with Gasteiger partial charge in [0.1, 0.15) is 4.99 Å². The molecule has 0 aromatic carbocycles. The quantitative estimate of drug-likeness (QED) is 0.485. The summed E-state index contributed by atoms with van der Waals surface area (Å²) in [6, 6.07) is 0.0185. The molecule has 0 bridgehead atoms. The SMILES string of the molecule is CCN1CC(=S)N(SC)C1=O. The zero-order valence-corrected chi connectivity index (χ0v) is 8.17. The minimum Gasteiger partial charge on any atom is -0.317 e. The first kappa shape index (κ1) is 8.80. The second kappa shape index (κ2) is 3.40. The highest BCUT2D eigenvalue weighted by Gasteiger charge is 2.31. The topological polar surface area (TPSA) is 23.6 Å². The van der Waals surface area contributed by atoms with Gasteiger partial charge in [-0.2, -0.15) is 0 Å². The molecule has 11 heavy (non-hydrogen) atoms. The van der Waals surface area contributed by atoms with Gasteiger partial charge in [-0.25, -0.2) is 9.10 Å². The van der Waals surface area contributed by atoms with Crippen molar-refractivity contribution in [2.24, 2.45) is 0 Å². The van der Waals surface area contributed by atoms with Gasteiger partial charge in [-0.1, -0.05) is 12.2 Å². The molecule has 2 amide bonds. The predicted octanol–water partition coefficient (Wildman–Crippen LogP) is 1.35. The van der Waals surface area contributed by atoms with Crippen LogP contribution in [0.2, 0.25) is 0 Å². The fraction of sp³-hybridized carbons (Fsp3) is 0.667. The number of likely N-dealkylation sites (N-methyl/N-ethyl adjacent to an activating group) is 1. The van der Waals surface area contributed by atoms with Crippen LogP contribution >= 0.6 is 24.2 Å². The molecule has 3 nitrogen and oxygen atoms in total. The first-order valence-corrected chi connectivity index (χ1v) is 4.95. The zero-order chi connectivity index (χ0) is 8.43. The van der Waals surface area contributed by atoms with Gasteiger partial charge in [0.25, 0.3) is 0 Å². The Morgan fingerprint density at radius 2 is 2.36 bits per heavy atom. The van der Waals surface area contributed by atoms with Gasteiger partial charge in [0.05, 0.1) is 6.54 Å². The van der Waals surface area contributed by atoms with Gasteiger partial charge < -0.3 is 4.90 Å². The average molecular weight is 190 g/mol. The Morgan fingerprint density at radius 1 is 1.73 bits per heavy atom. The van der Waals surface area contributed by atoms with Gasteiger partial charge in [0, 0.05) is 12.8 Å². The van der Waals surface area contributed by atoms with Gasteiger partial charge in [-0.3, -0.25) is 0 Å². The molecule has 1 saturated heterocycles. The lowest BCUT2D eigenvalue weighted by Gasteiger charge is -2.12. The third-order valence-electron chi connectivity index (χ3n) is 1.56. The molecule has 0 aliphatic carbocycles. The second-order valence-corrected chi connectivity index (χ2v) is 3.37. The van der Waals surface area contributed by atoms with E-state index in [2.05, 4.69) is 0 Å². The molecule has 0 aromatic heterocycles. The Bertz CT molecular complexity index is 195. The fourth-order valence-electron chi connectivity index (χ4n) is 0.957. The summed E-state index contributed by atoms with van der Waals surface area (Å²) in [5.74, 6) is 0. The molecule has 1 rings (SSSR count). The molecule has 1 heterocycles. The Kier molecular flexibility index (Phi) is 2.72. The number of carbonyl (C=O) groups excluding carboxylic acids is 1. The lowest BCUT2D eigenvalue weighted by Crippen LogP contribution is -2.27. The van der Waals surface area contributed by atoms with E-state index in [1.807, 2.05) is 13.2 Å². The Hall–Kier alpha value is -0.290. The Balaban J connectivity index is 2.71. The van der Waals surface area contributed by atoms with Crippen LogP contribution < -0.4 is 0 Å². The number of hydrogen-bond acceptors (Lipinski definition) is 3. The third-order valence-corrected chi connectivity index (χ3v) is 2.73. The zero-order valence-electron chi connectivity index (χ0n) is 6.53. The Labute approximate surface area is 75.9 Å². The monoisotopic (exact) mass is 190 g/mol. The van der Waals surface area contributed by atoms with Crippen molar-refractivity contribution in [1.29, 1.82) is 0 Å². The van der Waals surface area contributed by atoms with Crippen LogP contribution in [0.4, 0.5) is 4.79 Å². The molecule has 0 aromatic rings. The van der Waals surface area contributed by atoms with Crippen molar-refractivity contribution in [1.82, 2.24) is 9.21 Å². The van der Waals surface area contributed by atoms with Crippen molar-refractivity contribution >= 4 is 35.2 Å². The molecule has 1 fully saturated rings. The van der Waals surface area contributed by atoms with Gasteiger partial charge in [-0.15, -0.1) is 0 Å². The standard InChI is InChI=1S/C6H10N2OS2/c1-3-7-4-5(10)8(11-2)6(7)9/h3-4H2,1-2H3. The molecule has 0 spiro atoms. The number of amides is 2. The molecular weight excluding hydrogens is 180 g/mol. The highest BCUT2D eigenvalue weighted by Crippen LogP contribution is 2.18. The van der Waals surface area contributed by atoms with Crippen molar-refractivity contribution in [3.05, 3.63) is 0 Å². The van der Waals surface area contributed by atoms with Crippen LogP contribution in [-0.2, 0) is 0 Å². The molecule has 0 radical (unpaired) electrons. The number of hydrogen-bond donors (Lipinski definition) is 0. The van der Waals surface area contributed by atoms with Crippen LogP contribution in [0.3, 0.4) is 0 Å². The number of urea groups is 1. The molecular formula is C6H10N2OS2. The average Bonchev–Trinajstić information content (AvgIpc) is 2.26. The lowest BCUT2D eigenvalue weighted by atomic mass is 10.6. The van der Waals surface area contributed by atoms with E-state index in [0.717, 1.165) is 6.54 Å². The van der Waals surface area contributed by atoms with Crippen LogP contribution in [-0.4, -0.2) is 39.6 Å². The summed E-state index contributed by atoms with van der Waals surface area (Å²) < 4.78 is 1.55. The van der Waals surface area contributed by atoms with Gasteiger partial charge in [0.15, 0.2) is 0 Å². The van der Waals surface area contributed by atoms with E-state index in [1.54, 1.807) is 9.21 Å². The Morgan fingerprint density at radius 3 is 2.64 bits per heavy atom. The summed E-state index contributed by atoms with van der Waals surface area (Å²) in [5.41, 5.74) is 0. The van der Waals surface area contributed by atoms with Crippen molar-refractivity contribution in [2.75, 3.05) is 19.3 Å². The normalized spacial score (nSPS) is 18.4. The summed E-state index contributed by atoms with van der Waals surface area (Å²) in [6.07, 6.45) is 1.85. The van der Waals surface area contributed by atoms with Crippen LogP contribution in [0.1, 0.15) is 6.92 Å². The highest BCUT2D eigenvalue weighted by molar-refractivity contribution is 7.98. The summed E-state index contributed by atoms with van der Waals surface area (Å²) in [4.78, 5) is 13.8. The van der Waals surface area contributed by atoms with Crippen molar-refractivity contribution < 1.29 is 4.79 Å². The number of nitrogens with zero attached hydrogens (tertiary/aromatic N) is 2. The second-order valence-electron chi connectivity index (χ2n) is 2.17. The molecule has 5 heteroatoms. The fourth-order valence-corrected chi connectivity index (χ4v) is 1.95. The van der Waals surface area contributed by atoms with Gasteiger partial charge >= 0.3 is 6.03 Å². The van der Waals surface area contributed by atoms with Crippen molar-refractivity contribution in [3.63, 3.8) is 0 Å². The van der Waals surface area contributed by atoms with E-state index in [4.69, 9.17) is 12.2 Å². The minimum atomic E-state index is 0.0185. The maximum atomic E-state index is 11.3. The van der Waals surface area contributed by atoms with Crippen LogP contribution in [0, 0.1) is 0 Å². The van der Waals surface area contributed by atoms with Gasteiger partial charge in [-0.05, 0) is 18.9 Å². The van der Waals surface area contributed by atoms with Crippen LogP contribution in [0.5, 0.6) is 0 Å². The van der Waals surface area contributed by atoms with Crippen molar-refractivity contribution in [3.8, 4) is 0 Å². The lowest BCUT2D eigenvalue weighted by molar-refractivity contribution is 0.211. The van der Waals surface area contributed by atoms with E-state index < -0.39 is 0 Å². The maximum Gasteiger partial charge on any atom is 0.335 e. The highest BCUT2D eigenvalue weighted by atomic mass is 32.2. The van der Waals surface area contributed by atoms with Crippen LogP contribution in [0.15, 0.2) is 0 Å². The molecule has 0 N–H and O–H groups in total. The predicted molar refractivity (Wildman–Crippen MR) is 50.6 cm³/mol. The smallest absolute Gasteiger partial charge is 0.317 e. The number of carbonyl (C=O) groups is 1. The van der Waals surface area contributed by atoms with Crippen LogP contribution in [0.25, 0.3) is 0 Å². The first-order valence-electron chi connectivity index (χ1n) is 3.36. The number of thiocarbonyl (C=S) groups is 1. The summed E-state index contributed by atoms with van der Waals surface area (Å²) >= 11 is 6.37. The van der Waals surface area contributed by atoms with Gasteiger partial charge in [0.2, 0.25) is 0 Å². The first-order chi connectivity index (χ1) is 5.20. The summed E-state index contributed by atoms with van der Waals surface area (Å²) in [5, 5.41) is 0. The minimum absolute atomic E-state index is 0.0185. The molecule has 1 aliphatic rings. The third kappa shape index (κ3) is 1.49. The largest absolute Gasteiger partial charge is 0.335 e. The van der Waals surface area contributed by atoms with E-state index >= 15 is 0 Å². The summed E-state index contributed by atoms with van der Waals surface area (Å²) in [6.45, 7) is 3.28. The van der Waals surface area contributed by atoms with E-state index in [-0.39, 0.29) is 6.03 Å². The van der Waals surface area contributed by atoms with E-state index in [0.29, 0.717) is 11.5 Å². The molecule has 62 valence electrons.